The van der Waals surface area contributed by atoms with Gasteiger partial charge in [-0.25, -0.2) is 0 Å². The molecule has 25 heavy (non-hydrogen) atoms. The van der Waals surface area contributed by atoms with Crippen molar-refractivity contribution >= 4 is 39.1 Å². The molecular weight excluding hydrogens is 383 g/mol. The minimum Gasteiger partial charge on any atom is -0.324 e. The van der Waals surface area contributed by atoms with Gasteiger partial charge in [-0.15, -0.1) is 4.40 Å². The highest BCUT2D eigenvalue weighted by molar-refractivity contribution is 7.88. The van der Waals surface area contributed by atoms with Crippen molar-refractivity contribution in [2.45, 2.75) is 26.4 Å². The van der Waals surface area contributed by atoms with Gasteiger partial charge in [0.05, 0.1) is 28.4 Å². The summed E-state index contributed by atoms with van der Waals surface area (Å²) in [7, 11) is -3.81. The molecule has 11 heteroatoms. The number of halogens is 4. The molecule has 0 fully saturated rings. The van der Waals surface area contributed by atoms with E-state index in [9.17, 15) is 26.4 Å². The minimum atomic E-state index is -4.54. The molecule has 0 radical (unpaired) electrons. The van der Waals surface area contributed by atoms with Crippen molar-refractivity contribution in [3.63, 3.8) is 0 Å². The smallest absolute Gasteiger partial charge is 0.324 e. The van der Waals surface area contributed by atoms with E-state index in [0.717, 1.165) is 12.1 Å². The number of hydrogen-bond acceptors (Lipinski definition) is 3. The molecule has 0 unspecified atom stereocenters. The summed E-state index contributed by atoms with van der Waals surface area (Å²) >= 11 is 5.77. The Labute approximate surface area is 147 Å². The predicted molar refractivity (Wildman–Crippen MR) is 87.6 cm³/mol. The van der Waals surface area contributed by atoms with Gasteiger partial charge in [-0.1, -0.05) is 11.6 Å². The number of nitrogens with one attached hydrogen (secondary N) is 2. The number of carbonyl (C=O) groups is 1. The number of alkyl halides is 3. The van der Waals surface area contributed by atoms with Gasteiger partial charge in [0.15, 0.2) is 0 Å². The molecule has 1 heterocycles. The molecule has 136 valence electrons. The Bertz CT molecular complexity index is 892. The van der Waals surface area contributed by atoms with E-state index >= 15 is 0 Å². The van der Waals surface area contributed by atoms with Gasteiger partial charge in [0, 0.05) is 11.3 Å². The van der Waals surface area contributed by atoms with Crippen LogP contribution >= 0.6 is 11.6 Å². The monoisotopic (exact) mass is 395 g/mol. The van der Waals surface area contributed by atoms with Crippen molar-refractivity contribution in [1.29, 1.82) is 0 Å². The molecule has 1 aromatic rings. The number of allylic oxidation sites excluding steroid dienone is 1. The van der Waals surface area contributed by atoms with E-state index in [4.69, 9.17) is 11.6 Å². The second kappa shape index (κ2) is 6.68. The van der Waals surface area contributed by atoms with Crippen molar-refractivity contribution in [3.05, 3.63) is 40.1 Å². The molecule has 0 saturated heterocycles. The Morgan fingerprint density at radius 3 is 2.48 bits per heavy atom. The van der Waals surface area contributed by atoms with Gasteiger partial charge in [0.25, 0.3) is 0 Å². The summed E-state index contributed by atoms with van der Waals surface area (Å²) in [5.41, 5.74) is -0.135. The average Bonchev–Trinajstić information content (AvgIpc) is 2.43. The molecular formula is C14H13ClF3N3O3S. The lowest BCUT2D eigenvalue weighted by atomic mass is 10.1. The maximum Gasteiger partial charge on any atom is 0.416 e. The number of benzene rings is 1. The number of anilines is 1. The molecule has 2 rings (SSSR count). The molecule has 0 bridgehead atoms. The van der Waals surface area contributed by atoms with Gasteiger partial charge in [-0.3, -0.25) is 9.52 Å². The number of amides is 1. The van der Waals surface area contributed by atoms with Crippen LogP contribution in [0.15, 0.2) is 33.9 Å². The van der Waals surface area contributed by atoms with Crippen LogP contribution in [-0.4, -0.2) is 20.0 Å². The first-order valence-corrected chi connectivity index (χ1v) is 8.67. The molecule has 0 aliphatic carbocycles. The first-order valence-electron chi connectivity index (χ1n) is 6.85. The van der Waals surface area contributed by atoms with Gasteiger partial charge in [-0.2, -0.15) is 21.6 Å². The lowest BCUT2D eigenvalue weighted by molar-refractivity contribution is -0.137. The summed E-state index contributed by atoms with van der Waals surface area (Å²) in [6.07, 6.45) is -4.76. The van der Waals surface area contributed by atoms with Crippen LogP contribution < -0.4 is 10.0 Å². The van der Waals surface area contributed by atoms with Crippen LogP contribution in [-0.2, 0) is 21.2 Å². The van der Waals surface area contributed by atoms with E-state index in [-0.39, 0.29) is 28.5 Å². The molecule has 0 atom stereocenters. The summed E-state index contributed by atoms with van der Waals surface area (Å²) < 4.78 is 66.2. The van der Waals surface area contributed by atoms with Crippen LogP contribution in [0.4, 0.5) is 18.9 Å². The molecule has 1 aromatic carbocycles. The van der Waals surface area contributed by atoms with Crippen LogP contribution in [0.25, 0.3) is 0 Å². The van der Waals surface area contributed by atoms with Crippen molar-refractivity contribution < 1.29 is 26.4 Å². The van der Waals surface area contributed by atoms with Crippen molar-refractivity contribution in [2.24, 2.45) is 4.40 Å². The fourth-order valence-electron chi connectivity index (χ4n) is 2.19. The second-order valence-corrected chi connectivity index (χ2v) is 7.02. The Morgan fingerprint density at radius 1 is 1.32 bits per heavy atom. The number of hydrogen-bond donors (Lipinski definition) is 2. The summed E-state index contributed by atoms with van der Waals surface area (Å²) in [5, 5.41) is 2.13. The maximum absolute atomic E-state index is 12.6. The lowest BCUT2D eigenvalue weighted by Crippen LogP contribution is -2.29. The van der Waals surface area contributed by atoms with Crippen molar-refractivity contribution in [3.8, 4) is 0 Å². The third-order valence-electron chi connectivity index (χ3n) is 3.34. The maximum atomic E-state index is 12.6. The first kappa shape index (κ1) is 19.3. The van der Waals surface area contributed by atoms with Crippen LogP contribution in [0.5, 0.6) is 0 Å². The molecule has 2 N–H and O–H groups in total. The quantitative estimate of drug-likeness (QED) is 0.823. The minimum absolute atomic E-state index is 0.0175. The average molecular weight is 396 g/mol. The zero-order valence-electron chi connectivity index (χ0n) is 13.0. The standard InChI is InChI=1S/C14H13ClF3N3O3S/c1-7-10(8(2)21-25(23,24)20-7)6-13(22)19-12-4-3-9(5-11(12)15)14(16,17)18/h3-5,20H,6H2,1-2H3,(H,19,22). The third kappa shape index (κ3) is 4.73. The number of nitrogens with zero attached hydrogens (tertiary/aromatic N) is 1. The Hall–Kier alpha value is -2.07. The van der Waals surface area contributed by atoms with Crippen LogP contribution in [0, 0.1) is 0 Å². The van der Waals surface area contributed by atoms with E-state index in [1.54, 1.807) is 0 Å². The Balaban J connectivity index is 2.15. The molecule has 1 aliphatic heterocycles. The predicted octanol–water partition coefficient (Wildman–Crippen LogP) is 3.27. The number of carbonyl (C=O) groups excluding carboxylic acids is 1. The summed E-state index contributed by atoms with van der Waals surface area (Å²) in [6, 6.07) is 2.56. The van der Waals surface area contributed by atoms with Crippen molar-refractivity contribution in [2.75, 3.05) is 5.32 Å². The van der Waals surface area contributed by atoms with E-state index < -0.39 is 27.9 Å². The molecule has 1 aliphatic rings. The van der Waals surface area contributed by atoms with Crippen LogP contribution in [0.3, 0.4) is 0 Å². The fourth-order valence-corrected chi connectivity index (χ4v) is 3.45. The Kier molecular flexibility index (Phi) is 5.14. The van der Waals surface area contributed by atoms with Crippen molar-refractivity contribution in [1.82, 2.24) is 4.72 Å². The molecule has 0 aromatic heterocycles. The van der Waals surface area contributed by atoms with Gasteiger partial charge in [-0.05, 0) is 32.0 Å². The van der Waals surface area contributed by atoms with Gasteiger partial charge in [0.2, 0.25) is 5.91 Å². The zero-order valence-corrected chi connectivity index (χ0v) is 14.6. The summed E-state index contributed by atoms with van der Waals surface area (Å²) in [5.74, 6) is -0.577. The normalized spacial score (nSPS) is 17.0. The highest BCUT2D eigenvalue weighted by Crippen LogP contribution is 2.33. The van der Waals surface area contributed by atoms with Gasteiger partial charge >= 0.3 is 16.4 Å². The highest BCUT2D eigenvalue weighted by atomic mass is 35.5. The highest BCUT2D eigenvalue weighted by Gasteiger charge is 2.31. The SMILES string of the molecule is CC1=NS(=O)(=O)NC(C)=C1CC(=O)Nc1ccc(C(F)(F)F)cc1Cl. The topological polar surface area (TPSA) is 87.6 Å². The van der Waals surface area contributed by atoms with E-state index in [0.29, 0.717) is 11.6 Å². The van der Waals surface area contributed by atoms with E-state index in [2.05, 4.69) is 14.4 Å². The number of rotatable bonds is 3. The summed E-state index contributed by atoms with van der Waals surface area (Å²) in [4.78, 5) is 12.1. The molecule has 1 amide bonds. The van der Waals surface area contributed by atoms with E-state index in [1.807, 2.05) is 0 Å². The zero-order chi connectivity index (χ0) is 19.0. The summed E-state index contributed by atoms with van der Waals surface area (Å²) in [6.45, 7) is 2.92. The fraction of sp³-hybridized carbons (Fsp3) is 0.286. The molecule has 0 saturated carbocycles. The van der Waals surface area contributed by atoms with Gasteiger partial charge in [0.1, 0.15) is 0 Å². The van der Waals surface area contributed by atoms with Crippen LogP contribution in [0.2, 0.25) is 5.02 Å². The molecule has 6 nitrogen and oxygen atoms in total. The van der Waals surface area contributed by atoms with E-state index in [1.165, 1.54) is 13.8 Å². The Morgan fingerprint density at radius 2 is 1.96 bits per heavy atom. The third-order valence-corrected chi connectivity index (χ3v) is 4.73. The molecule has 0 spiro atoms. The van der Waals surface area contributed by atoms with Gasteiger partial charge < -0.3 is 5.32 Å². The van der Waals surface area contributed by atoms with Crippen LogP contribution in [0.1, 0.15) is 25.8 Å². The first-order chi connectivity index (χ1) is 11.4. The lowest BCUT2D eigenvalue weighted by Gasteiger charge is -2.18. The second-order valence-electron chi connectivity index (χ2n) is 5.27. The largest absolute Gasteiger partial charge is 0.416 e.